The molecule has 0 N–H and O–H groups in total. The number of fused-ring (bicyclic) bond motifs is 1. The molecule has 0 bridgehead atoms. The third-order valence-corrected chi connectivity index (χ3v) is 7.78. The van der Waals surface area contributed by atoms with Gasteiger partial charge in [-0.3, -0.25) is 4.79 Å². The zero-order valence-corrected chi connectivity index (χ0v) is 18.9. The lowest BCUT2D eigenvalue weighted by Gasteiger charge is -2.04. The number of carbonyl (C=O) groups is 1. The second-order valence-electron chi connectivity index (χ2n) is 6.70. The van der Waals surface area contributed by atoms with Gasteiger partial charge in [-0.1, -0.05) is 48.6 Å². The van der Waals surface area contributed by atoms with Crippen molar-refractivity contribution in [2.75, 3.05) is 12.0 Å². The van der Waals surface area contributed by atoms with E-state index in [0.29, 0.717) is 4.80 Å². The highest BCUT2D eigenvalue weighted by atomic mass is 32.2. The summed E-state index contributed by atoms with van der Waals surface area (Å²) >= 11 is 3.14. The minimum absolute atomic E-state index is 0.0582. The maximum atomic E-state index is 12.4. The summed E-state index contributed by atoms with van der Waals surface area (Å²) in [6.45, 7) is 2.84. The number of sulfone groups is 1. The zero-order chi connectivity index (χ0) is 20.9. The van der Waals surface area contributed by atoms with E-state index in [-0.39, 0.29) is 17.9 Å². The number of amides is 1. The Kier molecular flexibility index (Phi) is 7.32. The highest BCUT2D eigenvalue weighted by Gasteiger charge is 2.15. The van der Waals surface area contributed by atoms with Crippen molar-refractivity contribution in [1.29, 1.82) is 0 Å². The van der Waals surface area contributed by atoms with E-state index in [9.17, 15) is 13.2 Å². The van der Waals surface area contributed by atoms with Gasteiger partial charge in [-0.15, -0.1) is 11.8 Å². The third-order valence-electron chi connectivity index (χ3n) is 4.41. The van der Waals surface area contributed by atoms with Crippen LogP contribution < -0.4 is 4.80 Å². The fourth-order valence-electron chi connectivity index (χ4n) is 3.01. The molecule has 3 rings (SSSR count). The van der Waals surface area contributed by atoms with Gasteiger partial charge in [-0.25, -0.2) is 8.42 Å². The molecule has 0 radical (unpaired) electrons. The predicted octanol–water partition coefficient (Wildman–Crippen LogP) is 4.27. The zero-order valence-electron chi connectivity index (χ0n) is 16.5. The average molecular weight is 449 g/mol. The number of hydrogen-bond donors (Lipinski definition) is 0. The van der Waals surface area contributed by atoms with Crippen LogP contribution in [0.1, 0.15) is 25.3 Å². The van der Waals surface area contributed by atoms with Crippen LogP contribution in [0.4, 0.5) is 0 Å². The Balaban J connectivity index is 1.79. The molecule has 1 aromatic heterocycles. The van der Waals surface area contributed by atoms with E-state index in [0.717, 1.165) is 33.6 Å². The van der Waals surface area contributed by atoms with Crippen LogP contribution in [0.15, 0.2) is 58.4 Å². The lowest BCUT2D eigenvalue weighted by Crippen LogP contribution is -2.18. The lowest BCUT2D eigenvalue weighted by molar-refractivity contribution is -0.117. The molecule has 3 aromatic rings. The maximum absolute atomic E-state index is 12.4. The molecule has 0 unspecified atom stereocenters. The van der Waals surface area contributed by atoms with Crippen molar-refractivity contribution < 1.29 is 13.2 Å². The summed E-state index contributed by atoms with van der Waals surface area (Å²) < 4.78 is 27.8. The number of nitrogens with zero attached hydrogens (tertiary/aromatic N) is 2. The molecule has 154 valence electrons. The lowest BCUT2D eigenvalue weighted by atomic mass is 10.2. The molecule has 0 aliphatic heterocycles. The summed E-state index contributed by atoms with van der Waals surface area (Å²) in [4.78, 5) is 18.5. The summed E-state index contributed by atoms with van der Waals surface area (Å²) in [6.07, 6.45) is 2.84. The topological polar surface area (TPSA) is 68.5 Å². The van der Waals surface area contributed by atoms with Gasteiger partial charge >= 0.3 is 0 Å². The largest absolute Gasteiger partial charge is 0.316 e. The SMILES string of the molecule is CCCn1c(=NC(=O)CCS(=O)(=O)Cc2ccccc2)sc2cc(SC)ccc21. The molecule has 2 aromatic carbocycles. The van der Waals surface area contributed by atoms with Gasteiger partial charge < -0.3 is 4.57 Å². The van der Waals surface area contributed by atoms with Gasteiger partial charge in [0.2, 0.25) is 5.91 Å². The Labute approximate surface area is 179 Å². The summed E-state index contributed by atoms with van der Waals surface area (Å²) in [5.74, 6) is -0.653. The fraction of sp³-hybridized carbons (Fsp3) is 0.333. The highest BCUT2D eigenvalue weighted by molar-refractivity contribution is 7.98. The van der Waals surface area contributed by atoms with Crippen LogP contribution >= 0.6 is 23.1 Å². The van der Waals surface area contributed by atoms with Gasteiger partial charge in [0.15, 0.2) is 14.6 Å². The van der Waals surface area contributed by atoms with E-state index < -0.39 is 15.7 Å². The Morgan fingerprint density at radius 1 is 1.17 bits per heavy atom. The number of rotatable bonds is 8. The van der Waals surface area contributed by atoms with Crippen LogP contribution in [-0.2, 0) is 26.9 Å². The molecule has 1 heterocycles. The third kappa shape index (κ3) is 5.81. The molecular weight excluding hydrogens is 424 g/mol. The van der Waals surface area contributed by atoms with E-state index in [1.165, 1.54) is 11.3 Å². The van der Waals surface area contributed by atoms with Gasteiger partial charge in [0, 0.05) is 17.9 Å². The van der Waals surface area contributed by atoms with Crippen molar-refractivity contribution in [3.8, 4) is 0 Å². The second kappa shape index (κ2) is 9.73. The summed E-state index contributed by atoms with van der Waals surface area (Å²) in [5, 5.41) is 0. The predicted molar refractivity (Wildman–Crippen MR) is 121 cm³/mol. The van der Waals surface area contributed by atoms with Crippen molar-refractivity contribution in [2.45, 2.75) is 37.0 Å². The van der Waals surface area contributed by atoms with E-state index in [2.05, 4.69) is 30.1 Å². The van der Waals surface area contributed by atoms with Crippen molar-refractivity contribution in [2.24, 2.45) is 4.99 Å². The first kappa shape index (κ1) is 21.8. The molecule has 8 heteroatoms. The molecule has 0 atom stereocenters. The van der Waals surface area contributed by atoms with Crippen LogP contribution in [0.5, 0.6) is 0 Å². The number of aryl methyl sites for hydroxylation is 1. The Morgan fingerprint density at radius 3 is 2.62 bits per heavy atom. The van der Waals surface area contributed by atoms with Crippen LogP contribution in [0, 0.1) is 0 Å². The molecular formula is C21H24N2O3S3. The Hall–Kier alpha value is -1.90. The van der Waals surface area contributed by atoms with E-state index in [1.807, 2.05) is 29.0 Å². The number of benzene rings is 2. The van der Waals surface area contributed by atoms with Crippen LogP contribution in [0.2, 0.25) is 0 Å². The first-order valence-corrected chi connectivity index (χ1v) is 13.3. The summed E-state index contributed by atoms with van der Waals surface area (Å²) in [5.41, 5.74) is 1.78. The van der Waals surface area contributed by atoms with Crippen LogP contribution in [0.3, 0.4) is 0 Å². The molecule has 0 spiro atoms. The number of aromatic nitrogens is 1. The monoisotopic (exact) mass is 448 g/mol. The molecule has 0 saturated heterocycles. The minimum atomic E-state index is -3.36. The summed E-state index contributed by atoms with van der Waals surface area (Å²) in [7, 11) is -3.36. The van der Waals surface area contributed by atoms with Gasteiger partial charge in [-0.2, -0.15) is 4.99 Å². The molecule has 1 amide bonds. The van der Waals surface area contributed by atoms with Crippen molar-refractivity contribution in [3.05, 3.63) is 58.9 Å². The minimum Gasteiger partial charge on any atom is -0.316 e. The Bertz CT molecular complexity index is 1160. The highest BCUT2D eigenvalue weighted by Crippen LogP contribution is 2.24. The quantitative estimate of drug-likeness (QED) is 0.483. The van der Waals surface area contributed by atoms with Crippen LogP contribution in [-0.4, -0.2) is 30.9 Å². The maximum Gasteiger partial charge on any atom is 0.249 e. The molecule has 0 fully saturated rings. The van der Waals surface area contributed by atoms with Gasteiger partial charge in [0.25, 0.3) is 0 Å². The van der Waals surface area contributed by atoms with Gasteiger partial charge in [-0.05, 0) is 36.4 Å². The fourth-order valence-corrected chi connectivity index (χ4v) is 5.97. The van der Waals surface area contributed by atoms with Crippen molar-refractivity contribution >= 4 is 49.1 Å². The van der Waals surface area contributed by atoms with E-state index in [1.54, 1.807) is 23.9 Å². The average Bonchev–Trinajstić information content (AvgIpc) is 3.03. The second-order valence-corrected chi connectivity index (χ2v) is 10.8. The molecule has 0 saturated carbocycles. The van der Waals surface area contributed by atoms with Gasteiger partial charge in [0.05, 0.1) is 21.7 Å². The number of carbonyl (C=O) groups excluding carboxylic acids is 1. The first-order chi connectivity index (χ1) is 13.9. The molecule has 0 aliphatic rings. The normalized spacial score (nSPS) is 12.6. The Morgan fingerprint density at radius 2 is 1.93 bits per heavy atom. The summed E-state index contributed by atoms with van der Waals surface area (Å²) in [6, 6.07) is 15.2. The number of hydrogen-bond acceptors (Lipinski definition) is 5. The van der Waals surface area contributed by atoms with Gasteiger partial charge in [0.1, 0.15) is 0 Å². The number of thiazole rings is 1. The van der Waals surface area contributed by atoms with E-state index in [4.69, 9.17) is 0 Å². The first-order valence-electron chi connectivity index (χ1n) is 9.41. The van der Waals surface area contributed by atoms with Crippen molar-refractivity contribution in [1.82, 2.24) is 4.57 Å². The smallest absolute Gasteiger partial charge is 0.249 e. The van der Waals surface area contributed by atoms with E-state index >= 15 is 0 Å². The van der Waals surface area contributed by atoms with Crippen molar-refractivity contribution in [3.63, 3.8) is 0 Å². The standard InChI is InChI=1S/C21H24N2O3S3/c1-3-12-23-18-10-9-17(27-2)14-19(18)28-21(23)22-20(24)11-13-29(25,26)15-16-7-5-4-6-8-16/h4-10,14H,3,11-13,15H2,1-2H3. The molecule has 5 nitrogen and oxygen atoms in total. The molecule has 29 heavy (non-hydrogen) atoms. The molecule has 0 aliphatic carbocycles. The van der Waals surface area contributed by atoms with Crippen LogP contribution in [0.25, 0.3) is 10.2 Å². The number of thioether (sulfide) groups is 1.